The predicted octanol–water partition coefficient (Wildman–Crippen LogP) is 2.16. The van der Waals surface area contributed by atoms with Crippen molar-refractivity contribution in [1.29, 1.82) is 0 Å². The van der Waals surface area contributed by atoms with Crippen molar-refractivity contribution in [3.05, 3.63) is 24.2 Å². The number of methoxy groups -OCH3 is 1. The molecule has 2 N–H and O–H groups in total. The van der Waals surface area contributed by atoms with Crippen molar-refractivity contribution in [2.24, 2.45) is 11.7 Å². The van der Waals surface area contributed by atoms with Gasteiger partial charge in [-0.15, -0.1) is 0 Å². The molecule has 1 fully saturated rings. The molecule has 2 aromatic rings. The fourth-order valence-electron chi connectivity index (χ4n) is 3.91. The molecule has 0 bridgehead atoms. The highest BCUT2D eigenvalue weighted by molar-refractivity contribution is 5.76. The van der Waals surface area contributed by atoms with E-state index in [1.54, 1.807) is 13.3 Å². The Morgan fingerprint density at radius 1 is 1.41 bits per heavy atom. The van der Waals surface area contributed by atoms with E-state index in [1.807, 2.05) is 17.0 Å². The standard InChI is InChI=1S/C20H31N5O2/c1-15(14-27-2)25-18(23-17-5-4-10-22-20(17)25)6-3-7-19(26)24-11-8-16(13-21)9-12-24/h4-5,10,15-16H,3,6-9,11-14,21H2,1-2H3/t15-/m1/s1. The van der Waals surface area contributed by atoms with Crippen molar-refractivity contribution >= 4 is 17.1 Å². The maximum absolute atomic E-state index is 12.5. The summed E-state index contributed by atoms with van der Waals surface area (Å²) in [6.07, 6.45) is 5.95. The Hall–Kier alpha value is -1.99. The van der Waals surface area contributed by atoms with Crippen molar-refractivity contribution in [2.45, 2.75) is 45.1 Å². The molecule has 0 radical (unpaired) electrons. The highest BCUT2D eigenvalue weighted by atomic mass is 16.5. The highest BCUT2D eigenvalue weighted by Gasteiger charge is 2.22. The predicted molar refractivity (Wildman–Crippen MR) is 105 cm³/mol. The van der Waals surface area contributed by atoms with Crippen LogP contribution < -0.4 is 5.73 Å². The van der Waals surface area contributed by atoms with E-state index in [9.17, 15) is 4.79 Å². The first kappa shape index (κ1) is 19.8. The summed E-state index contributed by atoms with van der Waals surface area (Å²) in [6.45, 7) is 5.12. The molecule has 148 valence electrons. The molecule has 0 aliphatic carbocycles. The second kappa shape index (κ2) is 9.28. The number of rotatable bonds is 8. The summed E-state index contributed by atoms with van der Waals surface area (Å²) in [6, 6.07) is 4.03. The Morgan fingerprint density at radius 3 is 2.89 bits per heavy atom. The zero-order valence-electron chi connectivity index (χ0n) is 16.4. The van der Waals surface area contributed by atoms with Crippen LogP contribution in [-0.2, 0) is 16.0 Å². The molecule has 2 aromatic heterocycles. The number of aryl methyl sites for hydroxylation is 1. The molecule has 0 aromatic carbocycles. The van der Waals surface area contributed by atoms with Gasteiger partial charge in [0.1, 0.15) is 11.3 Å². The highest BCUT2D eigenvalue weighted by Crippen LogP contribution is 2.22. The van der Waals surface area contributed by atoms with Crippen LogP contribution in [0.15, 0.2) is 18.3 Å². The second-order valence-electron chi connectivity index (χ2n) is 7.46. The minimum absolute atomic E-state index is 0.149. The summed E-state index contributed by atoms with van der Waals surface area (Å²) in [5, 5.41) is 0. The summed E-state index contributed by atoms with van der Waals surface area (Å²) >= 11 is 0. The molecule has 1 aliphatic rings. The van der Waals surface area contributed by atoms with Gasteiger partial charge >= 0.3 is 0 Å². The summed E-state index contributed by atoms with van der Waals surface area (Å²) in [5.41, 5.74) is 7.51. The molecular weight excluding hydrogens is 342 g/mol. The van der Waals surface area contributed by atoms with E-state index >= 15 is 0 Å². The maximum Gasteiger partial charge on any atom is 0.222 e. The summed E-state index contributed by atoms with van der Waals surface area (Å²) in [5.74, 6) is 1.79. The third kappa shape index (κ3) is 4.65. The van der Waals surface area contributed by atoms with Gasteiger partial charge in [0, 0.05) is 39.2 Å². The molecule has 27 heavy (non-hydrogen) atoms. The Bertz CT molecular complexity index is 752. The first-order chi connectivity index (χ1) is 13.1. The molecule has 1 atom stereocenters. The van der Waals surface area contributed by atoms with Gasteiger partial charge in [0.2, 0.25) is 5.91 Å². The molecular formula is C20H31N5O2. The van der Waals surface area contributed by atoms with Gasteiger partial charge in [-0.2, -0.15) is 0 Å². The van der Waals surface area contributed by atoms with Gasteiger partial charge < -0.3 is 19.9 Å². The molecule has 7 nitrogen and oxygen atoms in total. The van der Waals surface area contributed by atoms with E-state index in [0.29, 0.717) is 18.9 Å². The number of ether oxygens (including phenoxy) is 1. The number of carbonyl (C=O) groups excluding carboxylic acids is 1. The average Bonchev–Trinajstić information content (AvgIpc) is 3.06. The number of imidazole rings is 1. The minimum Gasteiger partial charge on any atom is -0.383 e. The fourth-order valence-corrected chi connectivity index (χ4v) is 3.91. The number of carbonyl (C=O) groups is 1. The number of aromatic nitrogens is 3. The lowest BCUT2D eigenvalue weighted by Crippen LogP contribution is -2.40. The molecule has 0 unspecified atom stereocenters. The van der Waals surface area contributed by atoms with E-state index in [0.717, 1.165) is 62.3 Å². The zero-order valence-corrected chi connectivity index (χ0v) is 16.4. The van der Waals surface area contributed by atoms with Crippen LogP contribution in [0.2, 0.25) is 0 Å². The maximum atomic E-state index is 12.5. The lowest BCUT2D eigenvalue weighted by atomic mass is 9.97. The van der Waals surface area contributed by atoms with Gasteiger partial charge in [0.05, 0.1) is 12.6 Å². The fraction of sp³-hybridized carbons (Fsp3) is 0.650. The first-order valence-electron chi connectivity index (χ1n) is 9.92. The molecule has 1 amide bonds. The number of nitrogens with zero attached hydrogens (tertiary/aromatic N) is 4. The zero-order chi connectivity index (χ0) is 19.2. The van der Waals surface area contributed by atoms with Crippen LogP contribution in [0.3, 0.4) is 0 Å². The molecule has 7 heteroatoms. The number of piperidine rings is 1. The van der Waals surface area contributed by atoms with E-state index in [4.69, 9.17) is 15.5 Å². The number of amides is 1. The number of likely N-dealkylation sites (tertiary alicyclic amines) is 1. The van der Waals surface area contributed by atoms with Crippen molar-refractivity contribution < 1.29 is 9.53 Å². The van der Waals surface area contributed by atoms with Gasteiger partial charge in [-0.1, -0.05) is 0 Å². The molecule has 0 spiro atoms. The Morgan fingerprint density at radius 2 is 2.19 bits per heavy atom. The minimum atomic E-state index is 0.149. The van der Waals surface area contributed by atoms with Gasteiger partial charge in [-0.25, -0.2) is 9.97 Å². The van der Waals surface area contributed by atoms with Crippen LogP contribution in [0.25, 0.3) is 11.2 Å². The van der Waals surface area contributed by atoms with E-state index in [-0.39, 0.29) is 11.9 Å². The quantitative estimate of drug-likeness (QED) is 0.766. The molecule has 3 rings (SSSR count). The normalized spacial score (nSPS) is 16.8. The number of pyridine rings is 1. The smallest absolute Gasteiger partial charge is 0.222 e. The molecule has 1 aliphatic heterocycles. The van der Waals surface area contributed by atoms with E-state index in [1.165, 1.54) is 0 Å². The molecule has 0 saturated carbocycles. The topological polar surface area (TPSA) is 86.3 Å². The van der Waals surface area contributed by atoms with Gasteiger partial charge in [0.15, 0.2) is 5.65 Å². The van der Waals surface area contributed by atoms with Crippen molar-refractivity contribution in [3.8, 4) is 0 Å². The van der Waals surface area contributed by atoms with E-state index < -0.39 is 0 Å². The number of nitrogens with two attached hydrogens (primary N) is 1. The summed E-state index contributed by atoms with van der Waals surface area (Å²) < 4.78 is 7.47. The SMILES string of the molecule is COC[C@@H](C)n1c(CCCC(=O)N2CCC(CN)CC2)nc2cccnc21. The van der Waals surface area contributed by atoms with Crippen LogP contribution >= 0.6 is 0 Å². The monoisotopic (exact) mass is 373 g/mol. The van der Waals surface area contributed by atoms with Crippen LogP contribution in [0.5, 0.6) is 0 Å². The van der Waals surface area contributed by atoms with Crippen LogP contribution in [0.4, 0.5) is 0 Å². The number of hydrogen-bond acceptors (Lipinski definition) is 5. The molecule has 3 heterocycles. The van der Waals surface area contributed by atoms with Gasteiger partial charge in [-0.05, 0) is 50.8 Å². The van der Waals surface area contributed by atoms with Gasteiger partial charge in [0.25, 0.3) is 0 Å². The Kier molecular flexibility index (Phi) is 6.79. The lowest BCUT2D eigenvalue weighted by Gasteiger charge is -2.31. The van der Waals surface area contributed by atoms with Crippen molar-refractivity contribution in [1.82, 2.24) is 19.4 Å². The van der Waals surface area contributed by atoms with Crippen molar-refractivity contribution in [3.63, 3.8) is 0 Å². The molecule has 1 saturated heterocycles. The van der Waals surface area contributed by atoms with Crippen LogP contribution in [0.1, 0.15) is 44.5 Å². The summed E-state index contributed by atoms with van der Waals surface area (Å²) in [4.78, 5) is 23.8. The number of hydrogen-bond donors (Lipinski definition) is 1. The average molecular weight is 374 g/mol. The third-order valence-electron chi connectivity index (χ3n) is 5.46. The van der Waals surface area contributed by atoms with Crippen molar-refractivity contribution in [2.75, 3.05) is 33.4 Å². The second-order valence-corrected chi connectivity index (χ2v) is 7.46. The summed E-state index contributed by atoms with van der Waals surface area (Å²) in [7, 11) is 1.70. The largest absolute Gasteiger partial charge is 0.383 e. The third-order valence-corrected chi connectivity index (χ3v) is 5.46. The Labute approximate surface area is 160 Å². The number of fused-ring (bicyclic) bond motifs is 1. The Balaban J connectivity index is 1.61. The lowest BCUT2D eigenvalue weighted by molar-refractivity contribution is -0.132. The van der Waals surface area contributed by atoms with Crippen LogP contribution in [-0.4, -0.2) is 58.7 Å². The van der Waals surface area contributed by atoms with Gasteiger partial charge in [-0.3, -0.25) is 4.79 Å². The first-order valence-corrected chi connectivity index (χ1v) is 9.92. The van der Waals surface area contributed by atoms with E-state index in [2.05, 4.69) is 16.5 Å². The van der Waals surface area contributed by atoms with Crippen LogP contribution in [0, 0.1) is 5.92 Å².